The molecule has 2 nitrogen and oxygen atoms in total. The van der Waals surface area contributed by atoms with E-state index in [9.17, 15) is 4.79 Å². The Morgan fingerprint density at radius 2 is 1.47 bits per heavy atom. The molecular formula is C17H19NO. The molecule has 0 N–H and O–H groups in total. The number of ketones is 1. The van der Waals surface area contributed by atoms with Crippen molar-refractivity contribution < 1.29 is 4.79 Å². The summed E-state index contributed by atoms with van der Waals surface area (Å²) in [6.07, 6.45) is 0.738. The van der Waals surface area contributed by atoms with E-state index in [-0.39, 0.29) is 11.8 Å². The Labute approximate surface area is 114 Å². The van der Waals surface area contributed by atoms with E-state index in [1.165, 1.54) is 5.56 Å². The number of hydrogen-bond donors (Lipinski definition) is 0. The summed E-state index contributed by atoms with van der Waals surface area (Å²) in [5.41, 5.74) is 1.96. The third-order valence-corrected chi connectivity index (χ3v) is 3.26. The topological polar surface area (TPSA) is 20.3 Å². The van der Waals surface area contributed by atoms with Gasteiger partial charge >= 0.3 is 0 Å². The monoisotopic (exact) mass is 253 g/mol. The lowest BCUT2D eigenvalue weighted by atomic mass is 9.97. The lowest BCUT2D eigenvalue weighted by Gasteiger charge is -2.23. The molecule has 19 heavy (non-hydrogen) atoms. The summed E-state index contributed by atoms with van der Waals surface area (Å²) in [4.78, 5) is 14.5. The molecule has 0 aliphatic rings. The molecule has 2 aromatic carbocycles. The molecule has 2 rings (SSSR count). The molecule has 1 atom stereocenters. The van der Waals surface area contributed by atoms with Crippen molar-refractivity contribution >= 4 is 5.78 Å². The Bertz CT molecular complexity index is 519. The standard InChI is InChI=1S/C17H19NO/c1-18(2)16(13-14-9-5-3-6-10-14)17(19)15-11-7-4-8-12-15/h3-12,16H,13H2,1-2H3/t16-/m1/s1. The third kappa shape index (κ3) is 3.52. The van der Waals surface area contributed by atoms with Gasteiger partial charge in [0.05, 0.1) is 6.04 Å². The Morgan fingerprint density at radius 1 is 0.947 bits per heavy atom. The highest BCUT2D eigenvalue weighted by atomic mass is 16.1. The second-order valence-electron chi connectivity index (χ2n) is 4.90. The molecule has 98 valence electrons. The van der Waals surface area contributed by atoms with Crippen LogP contribution in [0.4, 0.5) is 0 Å². The van der Waals surface area contributed by atoms with Gasteiger partial charge in [-0.05, 0) is 26.1 Å². The summed E-state index contributed by atoms with van der Waals surface area (Å²) >= 11 is 0. The first kappa shape index (κ1) is 13.5. The summed E-state index contributed by atoms with van der Waals surface area (Å²) < 4.78 is 0. The van der Waals surface area contributed by atoms with Gasteiger partial charge in [0.15, 0.2) is 5.78 Å². The van der Waals surface area contributed by atoms with Gasteiger partial charge in [-0.15, -0.1) is 0 Å². The fourth-order valence-electron chi connectivity index (χ4n) is 2.14. The maximum atomic E-state index is 12.5. The minimum atomic E-state index is -0.121. The first-order valence-electron chi connectivity index (χ1n) is 6.48. The molecule has 0 aromatic heterocycles. The Morgan fingerprint density at radius 3 is 2.00 bits per heavy atom. The third-order valence-electron chi connectivity index (χ3n) is 3.26. The molecule has 0 fully saturated rings. The normalized spacial score (nSPS) is 12.4. The minimum Gasteiger partial charge on any atom is -0.299 e. The van der Waals surface area contributed by atoms with Crippen molar-refractivity contribution in [3.05, 3.63) is 71.8 Å². The van der Waals surface area contributed by atoms with Gasteiger partial charge in [-0.2, -0.15) is 0 Å². The van der Waals surface area contributed by atoms with Crippen LogP contribution in [-0.4, -0.2) is 30.8 Å². The first-order valence-corrected chi connectivity index (χ1v) is 6.48. The Balaban J connectivity index is 2.19. The second-order valence-corrected chi connectivity index (χ2v) is 4.90. The van der Waals surface area contributed by atoms with Crippen molar-refractivity contribution in [2.75, 3.05) is 14.1 Å². The van der Waals surface area contributed by atoms with Crippen molar-refractivity contribution in [1.82, 2.24) is 4.90 Å². The minimum absolute atomic E-state index is 0.121. The SMILES string of the molecule is CN(C)[C@H](Cc1ccccc1)C(=O)c1ccccc1. The van der Waals surface area contributed by atoms with Crippen molar-refractivity contribution in [3.63, 3.8) is 0 Å². The van der Waals surface area contributed by atoms with Crippen LogP contribution in [-0.2, 0) is 6.42 Å². The molecule has 0 unspecified atom stereocenters. The number of carbonyl (C=O) groups is 1. The number of carbonyl (C=O) groups excluding carboxylic acids is 1. The number of benzene rings is 2. The average Bonchev–Trinajstić information content (AvgIpc) is 2.46. The van der Waals surface area contributed by atoms with E-state index in [4.69, 9.17) is 0 Å². The van der Waals surface area contributed by atoms with E-state index in [2.05, 4.69) is 12.1 Å². The number of nitrogens with zero attached hydrogens (tertiary/aromatic N) is 1. The zero-order chi connectivity index (χ0) is 13.7. The van der Waals surface area contributed by atoms with Crippen LogP contribution >= 0.6 is 0 Å². The largest absolute Gasteiger partial charge is 0.299 e. The summed E-state index contributed by atoms with van der Waals surface area (Å²) in [6.45, 7) is 0. The number of rotatable bonds is 5. The highest BCUT2D eigenvalue weighted by Crippen LogP contribution is 2.12. The molecule has 0 saturated carbocycles. The predicted octanol–water partition coefficient (Wildman–Crippen LogP) is 3.04. The molecule has 0 amide bonds. The van der Waals surface area contributed by atoms with Crippen LogP contribution in [0.1, 0.15) is 15.9 Å². The van der Waals surface area contributed by atoms with Crippen LogP contribution in [0.2, 0.25) is 0 Å². The quantitative estimate of drug-likeness (QED) is 0.763. The lowest BCUT2D eigenvalue weighted by molar-refractivity contribution is 0.0875. The summed E-state index contributed by atoms with van der Waals surface area (Å²) in [5, 5.41) is 0. The molecule has 0 heterocycles. The number of hydrogen-bond acceptors (Lipinski definition) is 2. The van der Waals surface area contributed by atoms with E-state index in [1.54, 1.807) is 0 Å². The first-order chi connectivity index (χ1) is 9.18. The molecule has 2 aromatic rings. The zero-order valence-corrected chi connectivity index (χ0v) is 11.4. The molecule has 0 bridgehead atoms. The maximum Gasteiger partial charge on any atom is 0.180 e. The van der Waals surface area contributed by atoms with Crippen LogP contribution in [0.5, 0.6) is 0 Å². The van der Waals surface area contributed by atoms with E-state index >= 15 is 0 Å². The van der Waals surface area contributed by atoms with E-state index in [0.717, 1.165) is 12.0 Å². The fraction of sp³-hybridized carbons (Fsp3) is 0.235. The van der Waals surface area contributed by atoms with E-state index in [0.29, 0.717) is 0 Å². The van der Waals surface area contributed by atoms with Crippen LogP contribution < -0.4 is 0 Å². The molecule has 0 radical (unpaired) electrons. The predicted molar refractivity (Wildman–Crippen MR) is 78.4 cm³/mol. The van der Waals surface area contributed by atoms with E-state index in [1.807, 2.05) is 67.5 Å². The zero-order valence-electron chi connectivity index (χ0n) is 11.4. The van der Waals surface area contributed by atoms with Crippen LogP contribution in [0, 0.1) is 0 Å². The van der Waals surface area contributed by atoms with Gasteiger partial charge in [-0.25, -0.2) is 0 Å². The Kier molecular flexibility index (Phi) is 4.48. The van der Waals surface area contributed by atoms with Gasteiger partial charge in [0.1, 0.15) is 0 Å². The van der Waals surface area contributed by atoms with Crippen molar-refractivity contribution in [1.29, 1.82) is 0 Å². The average molecular weight is 253 g/mol. The molecule has 2 heteroatoms. The van der Waals surface area contributed by atoms with Gasteiger partial charge in [0, 0.05) is 5.56 Å². The fourth-order valence-corrected chi connectivity index (χ4v) is 2.14. The van der Waals surface area contributed by atoms with Crippen LogP contribution in [0.15, 0.2) is 60.7 Å². The van der Waals surface area contributed by atoms with Crippen molar-refractivity contribution in [2.45, 2.75) is 12.5 Å². The van der Waals surface area contributed by atoms with Gasteiger partial charge in [-0.3, -0.25) is 9.69 Å². The van der Waals surface area contributed by atoms with Gasteiger partial charge < -0.3 is 0 Å². The van der Waals surface area contributed by atoms with Gasteiger partial charge in [-0.1, -0.05) is 60.7 Å². The Hall–Kier alpha value is -1.93. The smallest absolute Gasteiger partial charge is 0.180 e. The maximum absolute atomic E-state index is 12.5. The van der Waals surface area contributed by atoms with Crippen molar-refractivity contribution in [3.8, 4) is 0 Å². The highest BCUT2D eigenvalue weighted by molar-refractivity contribution is 6.00. The lowest BCUT2D eigenvalue weighted by Crippen LogP contribution is -2.37. The second kappa shape index (κ2) is 6.30. The van der Waals surface area contributed by atoms with Crippen LogP contribution in [0.3, 0.4) is 0 Å². The molecule has 0 aliphatic heterocycles. The molecule has 0 saturated heterocycles. The number of likely N-dealkylation sites (N-methyl/N-ethyl adjacent to an activating group) is 1. The number of Topliss-reactive ketones (excluding diaryl/α,β-unsaturated/α-hetero) is 1. The van der Waals surface area contributed by atoms with E-state index < -0.39 is 0 Å². The van der Waals surface area contributed by atoms with Gasteiger partial charge in [0.25, 0.3) is 0 Å². The molecule has 0 spiro atoms. The summed E-state index contributed by atoms with van der Waals surface area (Å²) in [7, 11) is 3.91. The molecular weight excluding hydrogens is 234 g/mol. The summed E-state index contributed by atoms with van der Waals surface area (Å²) in [6, 6.07) is 19.5. The molecule has 0 aliphatic carbocycles. The van der Waals surface area contributed by atoms with Crippen molar-refractivity contribution in [2.24, 2.45) is 0 Å². The van der Waals surface area contributed by atoms with Crippen LogP contribution in [0.25, 0.3) is 0 Å². The highest BCUT2D eigenvalue weighted by Gasteiger charge is 2.22. The summed E-state index contributed by atoms with van der Waals surface area (Å²) in [5.74, 6) is 0.175. The van der Waals surface area contributed by atoms with Gasteiger partial charge in [0.2, 0.25) is 0 Å².